The van der Waals surface area contributed by atoms with Crippen molar-refractivity contribution in [2.24, 2.45) is 5.92 Å². The quantitative estimate of drug-likeness (QED) is 0.855. The fourth-order valence-corrected chi connectivity index (χ4v) is 2.96. The molecule has 0 aromatic heterocycles. The van der Waals surface area contributed by atoms with Crippen molar-refractivity contribution in [1.82, 2.24) is 4.90 Å². The normalized spacial score (nSPS) is 20.9. The van der Waals surface area contributed by atoms with Crippen LogP contribution in [0, 0.1) is 5.92 Å². The van der Waals surface area contributed by atoms with E-state index < -0.39 is 0 Å². The lowest BCUT2D eigenvalue weighted by Crippen LogP contribution is -2.38. The van der Waals surface area contributed by atoms with Crippen molar-refractivity contribution in [2.45, 2.75) is 12.8 Å². The third-order valence-corrected chi connectivity index (χ3v) is 3.89. The topological polar surface area (TPSA) is 32.5 Å². The lowest BCUT2D eigenvalue weighted by atomic mass is 9.98. The van der Waals surface area contributed by atoms with E-state index in [9.17, 15) is 0 Å². The van der Waals surface area contributed by atoms with Crippen LogP contribution in [0.15, 0.2) is 18.2 Å². The first kappa shape index (κ1) is 13.5. The second-order valence-corrected chi connectivity index (χ2v) is 5.79. The molecule has 1 heterocycles. The van der Waals surface area contributed by atoms with Crippen LogP contribution in [-0.2, 0) is 0 Å². The maximum Gasteiger partial charge on any atom is 0.0598 e. The van der Waals surface area contributed by atoms with Gasteiger partial charge in [-0.15, -0.1) is 0 Å². The van der Waals surface area contributed by atoms with Crippen LogP contribution in [0.25, 0.3) is 0 Å². The van der Waals surface area contributed by atoms with Gasteiger partial charge in [-0.05, 0) is 50.6 Å². The zero-order valence-electron chi connectivity index (χ0n) is 11.2. The molecule has 1 aliphatic heterocycles. The number of benzene rings is 1. The van der Waals surface area contributed by atoms with Crippen LogP contribution in [0.2, 0.25) is 5.02 Å². The first-order chi connectivity index (χ1) is 8.56. The summed E-state index contributed by atoms with van der Waals surface area (Å²) in [6.45, 7) is 3.46. The van der Waals surface area contributed by atoms with E-state index >= 15 is 0 Å². The van der Waals surface area contributed by atoms with E-state index in [-0.39, 0.29) is 0 Å². The molecule has 1 saturated heterocycles. The van der Waals surface area contributed by atoms with E-state index in [1.54, 1.807) is 0 Å². The van der Waals surface area contributed by atoms with Gasteiger partial charge in [-0.2, -0.15) is 0 Å². The van der Waals surface area contributed by atoms with Crippen LogP contribution in [0.4, 0.5) is 11.4 Å². The standard InChI is InChI=1S/C14H22ClN3/c1-17-7-3-4-11(9-17)10-18(2)14-6-5-12(15)8-13(14)16/h5-6,8,11H,3-4,7,9-10,16H2,1-2H3. The van der Waals surface area contributed by atoms with E-state index in [1.165, 1.54) is 25.9 Å². The molecular formula is C14H22ClN3. The molecule has 100 valence electrons. The van der Waals surface area contributed by atoms with Crippen molar-refractivity contribution in [3.8, 4) is 0 Å². The highest BCUT2D eigenvalue weighted by Gasteiger charge is 2.19. The van der Waals surface area contributed by atoms with Crippen LogP contribution < -0.4 is 10.6 Å². The Morgan fingerprint density at radius 1 is 1.50 bits per heavy atom. The summed E-state index contributed by atoms with van der Waals surface area (Å²) in [5.74, 6) is 0.726. The maximum absolute atomic E-state index is 6.02. The Bertz CT molecular complexity index is 408. The van der Waals surface area contributed by atoms with E-state index in [2.05, 4.69) is 23.9 Å². The molecule has 1 aromatic rings. The summed E-state index contributed by atoms with van der Waals surface area (Å²) in [6.07, 6.45) is 2.60. The maximum atomic E-state index is 6.02. The Balaban J connectivity index is 2.00. The van der Waals surface area contributed by atoms with Gasteiger partial charge < -0.3 is 15.5 Å². The van der Waals surface area contributed by atoms with Gasteiger partial charge in [0.05, 0.1) is 11.4 Å². The Morgan fingerprint density at radius 3 is 2.94 bits per heavy atom. The molecule has 0 radical (unpaired) electrons. The molecule has 4 heteroatoms. The Labute approximate surface area is 115 Å². The number of halogens is 1. The molecule has 2 N–H and O–H groups in total. The molecule has 0 saturated carbocycles. The highest BCUT2D eigenvalue weighted by molar-refractivity contribution is 6.31. The minimum absolute atomic E-state index is 0.696. The van der Waals surface area contributed by atoms with Gasteiger partial charge in [0.15, 0.2) is 0 Å². The number of hydrogen-bond donors (Lipinski definition) is 1. The fourth-order valence-electron chi connectivity index (χ4n) is 2.78. The molecule has 0 amide bonds. The number of piperidine rings is 1. The molecule has 1 aromatic carbocycles. The van der Waals surface area contributed by atoms with E-state index in [0.29, 0.717) is 5.02 Å². The number of nitrogen functional groups attached to an aromatic ring is 1. The van der Waals surface area contributed by atoms with Crippen molar-refractivity contribution in [1.29, 1.82) is 0 Å². The zero-order valence-corrected chi connectivity index (χ0v) is 12.0. The molecule has 18 heavy (non-hydrogen) atoms. The van der Waals surface area contributed by atoms with Crippen LogP contribution in [0.1, 0.15) is 12.8 Å². The van der Waals surface area contributed by atoms with E-state index in [4.69, 9.17) is 17.3 Å². The minimum Gasteiger partial charge on any atom is -0.397 e. The second-order valence-electron chi connectivity index (χ2n) is 5.35. The molecule has 0 bridgehead atoms. The summed E-state index contributed by atoms with van der Waals surface area (Å²) in [6, 6.07) is 5.72. The van der Waals surface area contributed by atoms with Gasteiger partial charge in [0.2, 0.25) is 0 Å². The van der Waals surface area contributed by atoms with Crippen LogP contribution in [-0.4, -0.2) is 38.6 Å². The largest absolute Gasteiger partial charge is 0.397 e. The smallest absolute Gasteiger partial charge is 0.0598 e. The highest BCUT2D eigenvalue weighted by Crippen LogP contribution is 2.27. The Morgan fingerprint density at radius 2 is 2.28 bits per heavy atom. The molecular weight excluding hydrogens is 246 g/mol. The summed E-state index contributed by atoms with van der Waals surface area (Å²) in [5.41, 5.74) is 7.85. The molecule has 1 aliphatic rings. The number of anilines is 2. The predicted octanol–water partition coefficient (Wildman–Crippen LogP) is 2.70. The van der Waals surface area contributed by atoms with Gasteiger partial charge >= 0.3 is 0 Å². The number of likely N-dealkylation sites (tertiary alicyclic amines) is 1. The summed E-state index contributed by atoms with van der Waals surface area (Å²) in [4.78, 5) is 4.66. The molecule has 0 aliphatic carbocycles. The average Bonchev–Trinajstić information content (AvgIpc) is 2.28. The second kappa shape index (κ2) is 5.81. The number of hydrogen-bond acceptors (Lipinski definition) is 3. The minimum atomic E-state index is 0.696. The fraction of sp³-hybridized carbons (Fsp3) is 0.571. The monoisotopic (exact) mass is 267 g/mol. The summed E-state index contributed by atoms with van der Waals surface area (Å²) < 4.78 is 0. The van der Waals surface area contributed by atoms with Crippen molar-refractivity contribution in [2.75, 3.05) is 44.4 Å². The van der Waals surface area contributed by atoms with E-state index in [1.807, 2.05) is 18.2 Å². The zero-order chi connectivity index (χ0) is 13.1. The van der Waals surface area contributed by atoms with Gasteiger partial charge in [-0.3, -0.25) is 0 Å². The number of nitrogens with zero attached hydrogens (tertiary/aromatic N) is 2. The third-order valence-electron chi connectivity index (χ3n) is 3.65. The molecule has 3 nitrogen and oxygen atoms in total. The first-order valence-corrected chi connectivity index (χ1v) is 6.89. The van der Waals surface area contributed by atoms with Gasteiger partial charge in [0, 0.05) is 25.2 Å². The SMILES string of the molecule is CN1CCCC(CN(C)c2ccc(Cl)cc2N)C1. The summed E-state index contributed by atoms with van der Waals surface area (Å²) >= 11 is 5.93. The van der Waals surface area contributed by atoms with Crippen LogP contribution in [0.3, 0.4) is 0 Å². The third kappa shape index (κ3) is 3.30. The molecule has 1 atom stereocenters. The highest BCUT2D eigenvalue weighted by atomic mass is 35.5. The number of rotatable bonds is 3. The van der Waals surface area contributed by atoms with Crippen LogP contribution >= 0.6 is 11.6 Å². The Kier molecular flexibility index (Phi) is 4.36. The van der Waals surface area contributed by atoms with Gasteiger partial charge in [0.1, 0.15) is 0 Å². The van der Waals surface area contributed by atoms with Crippen LogP contribution in [0.5, 0.6) is 0 Å². The van der Waals surface area contributed by atoms with Gasteiger partial charge in [-0.1, -0.05) is 11.6 Å². The van der Waals surface area contributed by atoms with Gasteiger partial charge in [-0.25, -0.2) is 0 Å². The van der Waals surface area contributed by atoms with Crippen molar-refractivity contribution in [3.63, 3.8) is 0 Å². The van der Waals surface area contributed by atoms with Crippen molar-refractivity contribution < 1.29 is 0 Å². The lowest BCUT2D eigenvalue weighted by molar-refractivity contribution is 0.213. The molecule has 1 fully saturated rings. The summed E-state index contributed by atoms with van der Waals surface area (Å²) in [7, 11) is 4.30. The van der Waals surface area contributed by atoms with Crippen molar-refractivity contribution in [3.05, 3.63) is 23.2 Å². The van der Waals surface area contributed by atoms with Gasteiger partial charge in [0.25, 0.3) is 0 Å². The lowest BCUT2D eigenvalue weighted by Gasteiger charge is -2.33. The summed E-state index contributed by atoms with van der Waals surface area (Å²) in [5, 5.41) is 0.696. The first-order valence-electron chi connectivity index (χ1n) is 6.51. The number of nitrogens with two attached hydrogens (primary N) is 1. The average molecular weight is 268 g/mol. The molecule has 1 unspecified atom stereocenters. The molecule has 2 rings (SSSR count). The van der Waals surface area contributed by atoms with E-state index in [0.717, 1.165) is 23.8 Å². The molecule has 0 spiro atoms. The van der Waals surface area contributed by atoms with Crippen molar-refractivity contribution >= 4 is 23.0 Å². The predicted molar refractivity (Wildman–Crippen MR) is 79.4 cm³/mol. The Hall–Kier alpha value is -0.930.